The summed E-state index contributed by atoms with van der Waals surface area (Å²) in [5.74, 6) is 1.75. The first-order valence-corrected chi connectivity index (χ1v) is 10.0. The van der Waals surface area contributed by atoms with Crippen LogP contribution in [0.3, 0.4) is 0 Å². The number of rotatable bonds is 14. The monoisotopic (exact) mass is 339 g/mol. The van der Waals surface area contributed by atoms with E-state index in [9.17, 15) is 0 Å². The first kappa shape index (κ1) is 20.3. The molecule has 0 aliphatic carbocycles. The number of unbranched alkanes of at least 4 members (excludes halogenated alkanes) is 10. The minimum absolute atomic E-state index is 0.363. The van der Waals surface area contributed by atoms with Crippen LogP contribution in [-0.2, 0) is 12.8 Å². The number of hydrogen-bond donors (Lipinski definition) is 0. The van der Waals surface area contributed by atoms with Gasteiger partial charge in [-0.3, -0.25) is 0 Å². The third-order valence-corrected chi connectivity index (χ3v) is 4.38. The van der Waals surface area contributed by atoms with Crippen molar-refractivity contribution in [3.05, 3.63) is 16.9 Å². The Morgan fingerprint density at radius 1 is 0.565 bits per heavy atom. The van der Waals surface area contributed by atoms with E-state index < -0.39 is 0 Å². The van der Waals surface area contributed by atoms with E-state index in [2.05, 4.69) is 28.8 Å². The Bertz CT molecular complexity index is 375. The molecule has 0 N–H and O–H groups in total. The molecule has 1 aromatic rings. The number of hydrogen-bond acceptors (Lipinski definition) is 3. The van der Waals surface area contributed by atoms with Crippen LogP contribution in [0.4, 0.5) is 0 Å². The molecule has 0 unspecified atom stereocenters. The standard InChI is InChI=1S/C19H34ClN3/c1-3-5-7-9-11-13-15-17-21-18(23-19(20)22-17)16-14-12-10-8-6-4-2/h3-16H2,1-2H3. The number of nitrogens with zero attached hydrogens (tertiary/aromatic N) is 3. The van der Waals surface area contributed by atoms with Gasteiger partial charge in [0.25, 0.3) is 0 Å². The van der Waals surface area contributed by atoms with Crippen molar-refractivity contribution in [2.24, 2.45) is 0 Å². The molecule has 0 fully saturated rings. The molecule has 0 bridgehead atoms. The SMILES string of the molecule is CCCCCCCCc1nc(Cl)nc(CCCCCCCC)n1. The smallest absolute Gasteiger partial charge is 0.218 e. The van der Waals surface area contributed by atoms with Crippen molar-refractivity contribution in [2.45, 2.75) is 104 Å². The summed E-state index contributed by atoms with van der Waals surface area (Å²) in [6, 6.07) is 0. The zero-order valence-corrected chi connectivity index (χ0v) is 15.9. The Kier molecular flexibility index (Phi) is 12.1. The van der Waals surface area contributed by atoms with Crippen LogP contribution in [0.2, 0.25) is 5.28 Å². The van der Waals surface area contributed by atoms with Gasteiger partial charge < -0.3 is 0 Å². The minimum Gasteiger partial charge on any atom is -0.218 e. The quantitative estimate of drug-likeness (QED) is 0.371. The molecule has 1 aromatic heterocycles. The van der Waals surface area contributed by atoms with Crippen molar-refractivity contribution in [1.29, 1.82) is 0 Å². The molecule has 0 atom stereocenters. The van der Waals surface area contributed by atoms with Crippen LogP contribution in [0.25, 0.3) is 0 Å². The molecule has 4 heteroatoms. The number of aromatic nitrogens is 3. The summed E-state index contributed by atoms with van der Waals surface area (Å²) in [4.78, 5) is 13.2. The normalized spacial score (nSPS) is 11.1. The van der Waals surface area contributed by atoms with Crippen LogP contribution >= 0.6 is 11.6 Å². The van der Waals surface area contributed by atoms with E-state index in [0.717, 1.165) is 37.3 Å². The third-order valence-electron chi connectivity index (χ3n) is 4.21. The number of aryl methyl sites for hydroxylation is 2. The van der Waals surface area contributed by atoms with E-state index >= 15 is 0 Å². The highest BCUT2D eigenvalue weighted by Crippen LogP contribution is 2.12. The van der Waals surface area contributed by atoms with Crippen molar-refractivity contribution in [3.8, 4) is 0 Å². The van der Waals surface area contributed by atoms with Crippen LogP contribution in [-0.4, -0.2) is 15.0 Å². The van der Waals surface area contributed by atoms with Crippen molar-refractivity contribution >= 4 is 11.6 Å². The topological polar surface area (TPSA) is 38.7 Å². The van der Waals surface area contributed by atoms with E-state index in [1.165, 1.54) is 64.2 Å². The summed E-state index contributed by atoms with van der Waals surface area (Å²) in [7, 11) is 0. The molecule has 23 heavy (non-hydrogen) atoms. The van der Waals surface area contributed by atoms with Gasteiger partial charge in [-0.1, -0.05) is 78.1 Å². The van der Waals surface area contributed by atoms with Crippen LogP contribution in [0.1, 0.15) is 103 Å². The first-order chi connectivity index (χ1) is 11.3. The van der Waals surface area contributed by atoms with E-state index in [1.54, 1.807) is 0 Å². The van der Waals surface area contributed by atoms with Crippen molar-refractivity contribution in [2.75, 3.05) is 0 Å². The summed E-state index contributed by atoms with van der Waals surface area (Å²) in [5.41, 5.74) is 0. The molecule has 0 aliphatic heterocycles. The molecule has 0 radical (unpaired) electrons. The summed E-state index contributed by atoms with van der Waals surface area (Å²) in [6.07, 6.45) is 17.3. The summed E-state index contributed by atoms with van der Waals surface area (Å²) < 4.78 is 0. The van der Waals surface area contributed by atoms with Gasteiger partial charge in [-0.05, 0) is 24.4 Å². The van der Waals surface area contributed by atoms with Crippen LogP contribution in [0.5, 0.6) is 0 Å². The van der Waals surface area contributed by atoms with Gasteiger partial charge >= 0.3 is 0 Å². The molecule has 0 amide bonds. The number of halogens is 1. The zero-order valence-electron chi connectivity index (χ0n) is 15.1. The largest absolute Gasteiger partial charge is 0.225 e. The summed E-state index contributed by atoms with van der Waals surface area (Å²) in [6.45, 7) is 4.50. The van der Waals surface area contributed by atoms with E-state index in [4.69, 9.17) is 11.6 Å². The van der Waals surface area contributed by atoms with Gasteiger partial charge in [-0.25, -0.2) is 15.0 Å². The molecule has 0 saturated heterocycles. The van der Waals surface area contributed by atoms with Gasteiger partial charge in [0.15, 0.2) is 0 Å². The molecule has 3 nitrogen and oxygen atoms in total. The highest BCUT2D eigenvalue weighted by Gasteiger charge is 2.05. The Morgan fingerprint density at radius 3 is 1.39 bits per heavy atom. The van der Waals surface area contributed by atoms with Crippen molar-refractivity contribution in [1.82, 2.24) is 15.0 Å². The van der Waals surface area contributed by atoms with Gasteiger partial charge in [0, 0.05) is 12.8 Å². The summed E-state index contributed by atoms with van der Waals surface area (Å²) in [5, 5.41) is 0.363. The Labute approximate surface area is 147 Å². The minimum atomic E-state index is 0.363. The first-order valence-electron chi connectivity index (χ1n) is 9.65. The molecular formula is C19H34ClN3. The van der Waals surface area contributed by atoms with Crippen LogP contribution < -0.4 is 0 Å². The molecule has 0 saturated carbocycles. The molecular weight excluding hydrogens is 306 g/mol. The third kappa shape index (κ3) is 10.6. The van der Waals surface area contributed by atoms with Gasteiger partial charge in [-0.2, -0.15) is 0 Å². The van der Waals surface area contributed by atoms with Gasteiger partial charge in [0.1, 0.15) is 11.6 Å². The Morgan fingerprint density at radius 2 is 0.957 bits per heavy atom. The second-order valence-corrected chi connectivity index (χ2v) is 6.81. The molecule has 0 spiro atoms. The van der Waals surface area contributed by atoms with Crippen LogP contribution in [0.15, 0.2) is 0 Å². The molecule has 132 valence electrons. The van der Waals surface area contributed by atoms with Gasteiger partial charge in [-0.15, -0.1) is 0 Å². The fraction of sp³-hybridized carbons (Fsp3) is 0.842. The lowest BCUT2D eigenvalue weighted by Gasteiger charge is -2.05. The van der Waals surface area contributed by atoms with Crippen molar-refractivity contribution in [3.63, 3.8) is 0 Å². The average molecular weight is 340 g/mol. The molecule has 0 aliphatic rings. The lowest BCUT2D eigenvalue weighted by molar-refractivity contribution is 0.589. The second kappa shape index (κ2) is 13.7. The molecule has 1 rings (SSSR count). The Balaban J connectivity index is 2.25. The zero-order chi connectivity index (χ0) is 16.8. The highest BCUT2D eigenvalue weighted by atomic mass is 35.5. The van der Waals surface area contributed by atoms with E-state index in [-0.39, 0.29) is 0 Å². The fourth-order valence-corrected chi connectivity index (χ4v) is 2.98. The Hall–Kier alpha value is -0.700. The maximum atomic E-state index is 6.05. The lowest BCUT2D eigenvalue weighted by atomic mass is 10.1. The lowest BCUT2D eigenvalue weighted by Crippen LogP contribution is -2.04. The average Bonchev–Trinajstić information content (AvgIpc) is 2.53. The summed E-state index contributed by atoms with van der Waals surface area (Å²) >= 11 is 6.05. The predicted molar refractivity (Wildman–Crippen MR) is 99.0 cm³/mol. The van der Waals surface area contributed by atoms with Crippen LogP contribution in [0, 0.1) is 0 Å². The molecule has 0 aromatic carbocycles. The highest BCUT2D eigenvalue weighted by molar-refractivity contribution is 6.28. The second-order valence-electron chi connectivity index (χ2n) is 6.47. The predicted octanol–water partition coefficient (Wildman–Crippen LogP) is 6.33. The maximum absolute atomic E-state index is 6.05. The molecule has 1 heterocycles. The van der Waals surface area contributed by atoms with Gasteiger partial charge in [0.2, 0.25) is 5.28 Å². The van der Waals surface area contributed by atoms with E-state index in [0.29, 0.717) is 5.28 Å². The fourth-order valence-electron chi connectivity index (χ4n) is 2.79. The van der Waals surface area contributed by atoms with E-state index in [1.807, 2.05) is 0 Å². The van der Waals surface area contributed by atoms with Crippen molar-refractivity contribution < 1.29 is 0 Å². The van der Waals surface area contributed by atoms with Gasteiger partial charge in [0.05, 0.1) is 0 Å². The maximum Gasteiger partial charge on any atom is 0.225 e.